The van der Waals surface area contributed by atoms with Crippen LogP contribution in [0.25, 0.3) is 0 Å². The van der Waals surface area contributed by atoms with E-state index in [0.717, 1.165) is 19.2 Å². The lowest BCUT2D eigenvalue weighted by atomic mass is 10.1. The van der Waals surface area contributed by atoms with Gasteiger partial charge in [-0.1, -0.05) is 27.7 Å². The van der Waals surface area contributed by atoms with E-state index in [0.29, 0.717) is 11.6 Å². The summed E-state index contributed by atoms with van der Waals surface area (Å²) in [4.78, 5) is 22.7. The van der Waals surface area contributed by atoms with Crippen molar-refractivity contribution >= 4 is 17.7 Å². The highest BCUT2D eigenvalue weighted by molar-refractivity contribution is 5.90. The number of aliphatic carboxylic acids is 1. The first-order valence-corrected chi connectivity index (χ1v) is 7.61. The topological polar surface area (TPSA) is 116 Å². The maximum absolute atomic E-state index is 11.9. The fraction of sp³-hybridized carbons (Fsp3) is 0.667. The lowest BCUT2D eigenvalue weighted by molar-refractivity contribution is -0.155. The van der Waals surface area contributed by atoms with Crippen molar-refractivity contribution in [2.45, 2.75) is 52.7 Å². The van der Waals surface area contributed by atoms with Gasteiger partial charge in [0.05, 0.1) is 24.1 Å². The number of nitrogens with zero attached hydrogens (tertiary/aromatic N) is 2. The molecule has 1 atom stereocenters. The second kappa shape index (κ2) is 7.45. The van der Waals surface area contributed by atoms with Gasteiger partial charge in [-0.25, -0.2) is 9.59 Å². The van der Waals surface area contributed by atoms with E-state index in [4.69, 9.17) is 5.11 Å². The highest BCUT2D eigenvalue weighted by Gasteiger charge is 2.30. The summed E-state index contributed by atoms with van der Waals surface area (Å²) in [5.74, 6) is -0.821. The number of hydrogen-bond donors (Lipinski definition) is 4. The van der Waals surface area contributed by atoms with Gasteiger partial charge in [0.15, 0.2) is 5.60 Å². The first-order valence-electron chi connectivity index (χ1n) is 7.61. The predicted octanol–water partition coefficient (Wildman–Crippen LogP) is 1.62. The zero-order valence-electron chi connectivity index (χ0n) is 14.3. The summed E-state index contributed by atoms with van der Waals surface area (Å²) in [7, 11) is 0. The average molecular weight is 326 g/mol. The van der Waals surface area contributed by atoms with E-state index in [1.165, 1.54) is 0 Å². The van der Waals surface area contributed by atoms with Crippen LogP contribution in [0.2, 0.25) is 0 Å². The van der Waals surface area contributed by atoms with Gasteiger partial charge in [-0.05, 0) is 18.8 Å². The molecule has 1 aromatic rings. The number of urea groups is 1. The van der Waals surface area contributed by atoms with Crippen LogP contribution in [-0.2, 0) is 11.3 Å². The van der Waals surface area contributed by atoms with E-state index in [2.05, 4.69) is 29.6 Å². The third-order valence-corrected chi connectivity index (χ3v) is 3.27. The summed E-state index contributed by atoms with van der Waals surface area (Å²) in [6.07, 6.45) is 1.58. The lowest BCUT2D eigenvalue weighted by Gasteiger charge is -2.19. The van der Waals surface area contributed by atoms with Crippen molar-refractivity contribution in [1.82, 2.24) is 15.1 Å². The molecular formula is C15H26N4O4. The lowest BCUT2D eigenvalue weighted by Crippen LogP contribution is -2.47. The Labute approximate surface area is 135 Å². The van der Waals surface area contributed by atoms with Crippen LogP contribution in [0.3, 0.4) is 0 Å². The Morgan fingerprint density at radius 1 is 1.35 bits per heavy atom. The third kappa shape index (κ3) is 5.24. The number of carbonyl (C=O) groups excluding carboxylic acids is 1. The largest absolute Gasteiger partial charge is 0.479 e. The molecule has 0 aliphatic carbocycles. The van der Waals surface area contributed by atoms with Crippen LogP contribution < -0.4 is 10.6 Å². The quantitative estimate of drug-likeness (QED) is 0.607. The number of rotatable bonds is 7. The molecule has 1 unspecified atom stereocenters. The minimum atomic E-state index is -2.01. The molecule has 130 valence electrons. The van der Waals surface area contributed by atoms with Crippen molar-refractivity contribution < 1.29 is 19.8 Å². The SMILES string of the molecule is CC(C)Cn1ncc(NC(=O)NCC(C)(O)C(=O)O)c1C(C)C. The summed E-state index contributed by atoms with van der Waals surface area (Å²) in [6.45, 7) is 9.64. The fourth-order valence-electron chi connectivity index (χ4n) is 2.09. The first-order chi connectivity index (χ1) is 10.5. The van der Waals surface area contributed by atoms with Crippen LogP contribution in [0.15, 0.2) is 6.20 Å². The summed E-state index contributed by atoms with van der Waals surface area (Å²) < 4.78 is 1.86. The molecule has 0 fully saturated rings. The number of amides is 2. The van der Waals surface area contributed by atoms with E-state index < -0.39 is 24.1 Å². The molecule has 0 saturated carbocycles. The van der Waals surface area contributed by atoms with Crippen molar-refractivity contribution in [3.05, 3.63) is 11.9 Å². The molecule has 1 heterocycles. The second-order valence-electron chi connectivity index (χ2n) is 6.56. The van der Waals surface area contributed by atoms with Crippen LogP contribution >= 0.6 is 0 Å². The molecule has 0 saturated heterocycles. The zero-order valence-corrected chi connectivity index (χ0v) is 14.3. The molecule has 0 aliphatic rings. The van der Waals surface area contributed by atoms with E-state index >= 15 is 0 Å². The predicted molar refractivity (Wildman–Crippen MR) is 86.4 cm³/mol. The van der Waals surface area contributed by atoms with Gasteiger partial charge in [-0.3, -0.25) is 4.68 Å². The third-order valence-electron chi connectivity index (χ3n) is 3.27. The minimum absolute atomic E-state index is 0.161. The number of aromatic nitrogens is 2. The highest BCUT2D eigenvalue weighted by Crippen LogP contribution is 2.24. The summed E-state index contributed by atoms with van der Waals surface area (Å²) >= 11 is 0. The fourth-order valence-corrected chi connectivity index (χ4v) is 2.09. The van der Waals surface area contributed by atoms with Crippen molar-refractivity contribution in [3.8, 4) is 0 Å². The van der Waals surface area contributed by atoms with Crippen molar-refractivity contribution in [2.75, 3.05) is 11.9 Å². The van der Waals surface area contributed by atoms with E-state index in [-0.39, 0.29) is 5.92 Å². The highest BCUT2D eigenvalue weighted by atomic mass is 16.4. The van der Waals surface area contributed by atoms with Gasteiger partial charge in [-0.15, -0.1) is 0 Å². The van der Waals surface area contributed by atoms with Crippen molar-refractivity contribution in [2.24, 2.45) is 5.92 Å². The molecule has 1 aromatic heterocycles. The molecular weight excluding hydrogens is 300 g/mol. The van der Waals surface area contributed by atoms with E-state index in [1.807, 2.05) is 18.5 Å². The van der Waals surface area contributed by atoms with Crippen LogP contribution in [0.1, 0.15) is 46.2 Å². The Kier molecular flexibility index (Phi) is 6.14. The Bertz CT molecular complexity index is 564. The van der Waals surface area contributed by atoms with Crippen LogP contribution in [-0.4, -0.2) is 44.1 Å². The Hall–Kier alpha value is -2.09. The van der Waals surface area contributed by atoms with Crippen LogP contribution in [0.4, 0.5) is 10.5 Å². The standard InChI is InChI=1S/C15H26N4O4/c1-9(2)7-19-12(10(3)4)11(6-17-19)18-14(22)16-8-15(5,23)13(20)21/h6,9-10,23H,7-8H2,1-5H3,(H,20,21)(H2,16,18,22). The average Bonchev–Trinajstić information content (AvgIpc) is 2.78. The number of carboxylic acids is 1. The van der Waals surface area contributed by atoms with Gasteiger partial charge in [-0.2, -0.15) is 5.10 Å². The summed E-state index contributed by atoms with van der Waals surface area (Å²) in [6, 6.07) is -0.586. The number of carbonyl (C=O) groups is 2. The molecule has 1 rings (SSSR count). The number of carboxylic acid groups (broad SMARTS) is 1. The van der Waals surface area contributed by atoms with Gasteiger partial charge < -0.3 is 20.8 Å². The number of aliphatic hydroxyl groups is 1. The molecule has 23 heavy (non-hydrogen) atoms. The maximum atomic E-state index is 11.9. The summed E-state index contributed by atoms with van der Waals surface area (Å²) in [5.41, 5.74) is -0.535. The molecule has 8 nitrogen and oxygen atoms in total. The van der Waals surface area contributed by atoms with Crippen molar-refractivity contribution in [1.29, 1.82) is 0 Å². The zero-order chi connectivity index (χ0) is 17.8. The number of hydrogen-bond acceptors (Lipinski definition) is 4. The second-order valence-corrected chi connectivity index (χ2v) is 6.56. The molecule has 2 amide bonds. The Morgan fingerprint density at radius 2 is 1.96 bits per heavy atom. The molecule has 4 N–H and O–H groups in total. The number of anilines is 1. The smallest absolute Gasteiger partial charge is 0.337 e. The maximum Gasteiger partial charge on any atom is 0.337 e. The Balaban J connectivity index is 2.79. The Morgan fingerprint density at radius 3 is 2.43 bits per heavy atom. The van der Waals surface area contributed by atoms with E-state index in [1.54, 1.807) is 6.20 Å². The van der Waals surface area contributed by atoms with Crippen LogP contribution in [0, 0.1) is 5.92 Å². The molecule has 0 radical (unpaired) electrons. The van der Waals surface area contributed by atoms with Crippen molar-refractivity contribution in [3.63, 3.8) is 0 Å². The monoisotopic (exact) mass is 326 g/mol. The normalized spacial score (nSPS) is 13.9. The minimum Gasteiger partial charge on any atom is -0.479 e. The van der Waals surface area contributed by atoms with Crippen LogP contribution in [0.5, 0.6) is 0 Å². The molecule has 0 bridgehead atoms. The van der Waals surface area contributed by atoms with Gasteiger partial charge in [0.2, 0.25) is 0 Å². The van der Waals surface area contributed by atoms with Gasteiger partial charge in [0.25, 0.3) is 0 Å². The molecule has 8 heteroatoms. The van der Waals surface area contributed by atoms with Gasteiger partial charge in [0.1, 0.15) is 0 Å². The molecule has 0 spiro atoms. The van der Waals surface area contributed by atoms with Gasteiger partial charge in [0, 0.05) is 6.54 Å². The molecule has 0 aliphatic heterocycles. The first kappa shape index (κ1) is 19.0. The van der Waals surface area contributed by atoms with Gasteiger partial charge >= 0.3 is 12.0 Å². The number of nitrogens with one attached hydrogen (secondary N) is 2. The molecule has 0 aromatic carbocycles. The summed E-state index contributed by atoms with van der Waals surface area (Å²) in [5, 5.41) is 27.7. The van der Waals surface area contributed by atoms with E-state index in [9.17, 15) is 14.7 Å².